The van der Waals surface area contributed by atoms with Crippen molar-refractivity contribution in [1.82, 2.24) is 10.2 Å². The van der Waals surface area contributed by atoms with Gasteiger partial charge in [0.1, 0.15) is 5.82 Å². The molecule has 2 aromatic carbocycles. The third-order valence-electron chi connectivity index (χ3n) is 5.56. The zero-order valence-corrected chi connectivity index (χ0v) is 17.2. The van der Waals surface area contributed by atoms with Gasteiger partial charge < -0.3 is 15.0 Å². The summed E-state index contributed by atoms with van der Waals surface area (Å²) < 4.78 is 58.9. The smallest absolute Gasteiger partial charge is 0.378 e. The van der Waals surface area contributed by atoms with Crippen LogP contribution in [0.4, 0.5) is 29.1 Å². The van der Waals surface area contributed by atoms with E-state index in [2.05, 4.69) is 20.4 Å². The summed E-state index contributed by atoms with van der Waals surface area (Å²) in [5.41, 5.74) is 0.980. The molecule has 0 amide bonds. The minimum absolute atomic E-state index is 0.0126. The van der Waals surface area contributed by atoms with Gasteiger partial charge in [-0.3, -0.25) is 0 Å². The number of aromatic nitrogens is 2. The van der Waals surface area contributed by atoms with Crippen molar-refractivity contribution in [1.29, 1.82) is 0 Å². The molecule has 1 saturated heterocycles. The number of morpholine rings is 1. The molecule has 0 radical (unpaired) electrons. The Hall–Kier alpha value is -2.94. The lowest BCUT2D eigenvalue weighted by atomic mass is 10.0. The molecule has 1 N–H and O–H groups in total. The topological polar surface area (TPSA) is 50.3 Å². The Morgan fingerprint density at radius 3 is 2.48 bits per heavy atom. The number of aryl methyl sites for hydroxylation is 1. The minimum atomic E-state index is -4.62. The van der Waals surface area contributed by atoms with Gasteiger partial charge in [0.2, 0.25) is 0 Å². The molecule has 0 bridgehead atoms. The van der Waals surface area contributed by atoms with E-state index >= 15 is 0 Å². The Morgan fingerprint density at radius 2 is 1.77 bits per heavy atom. The number of nitrogens with zero attached hydrogens (tertiary/aromatic N) is 3. The molecule has 4 rings (SSSR count). The molecule has 0 atom stereocenters. The van der Waals surface area contributed by atoms with Gasteiger partial charge in [-0.1, -0.05) is 6.07 Å². The van der Waals surface area contributed by atoms with E-state index in [-0.39, 0.29) is 17.7 Å². The highest BCUT2D eigenvalue weighted by Crippen LogP contribution is 2.34. The van der Waals surface area contributed by atoms with E-state index in [0.717, 1.165) is 41.3 Å². The van der Waals surface area contributed by atoms with E-state index in [0.29, 0.717) is 25.1 Å². The second-order valence-electron chi connectivity index (χ2n) is 7.55. The van der Waals surface area contributed by atoms with Crippen molar-refractivity contribution in [3.63, 3.8) is 0 Å². The van der Waals surface area contributed by atoms with E-state index in [1.807, 2.05) is 25.1 Å². The highest BCUT2D eigenvalue weighted by molar-refractivity contribution is 5.95. The standard InChI is InChI=1S/C22H22F4N4O/c1-13-15(9-16(23)10-20(13)22(24,25)26)12-27-21-19-11-17(30-5-7-31-8-6-30)3-4-18(19)14(2)28-29-21/h3-4,9-11H,5-8,12H2,1-2H3,(H,27,29). The van der Waals surface area contributed by atoms with Crippen LogP contribution in [0.5, 0.6) is 0 Å². The number of fused-ring (bicyclic) bond motifs is 1. The molecule has 31 heavy (non-hydrogen) atoms. The normalized spacial score (nSPS) is 14.8. The molecule has 1 aliphatic rings. The molecule has 9 heteroatoms. The van der Waals surface area contributed by atoms with Crippen LogP contribution in [0.3, 0.4) is 0 Å². The molecule has 0 spiro atoms. The van der Waals surface area contributed by atoms with Crippen LogP contribution in [0, 0.1) is 19.7 Å². The molecule has 0 aliphatic carbocycles. The summed E-state index contributed by atoms with van der Waals surface area (Å²) in [6, 6.07) is 7.60. The molecule has 1 aliphatic heterocycles. The first-order valence-corrected chi connectivity index (χ1v) is 9.94. The SMILES string of the molecule is Cc1c(CNc2nnc(C)c3ccc(N4CCOCC4)cc23)cc(F)cc1C(F)(F)F. The number of hydrogen-bond donors (Lipinski definition) is 1. The first kappa shape index (κ1) is 21.3. The Bertz CT molecular complexity index is 1110. The molecule has 0 saturated carbocycles. The summed E-state index contributed by atoms with van der Waals surface area (Å²) >= 11 is 0. The maximum absolute atomic E-state index is 13.9. The van der Waals surface area contributed by atoms with E-state index in [1.54, 1.807) is 0 Å². The molecule has 1 aromatic heterocycles. The zero-order valence-electron chi connectivity index (χ0n) is 17.2. The monoisotopic (exact) mass is 434 g/mol. The predicted octanol–water partition coefficient (Wildman–Crippen LogP) is 4.85. The Balaban J connectivity index is 1.67. The average molecular weight is 434 g/mol. The van der Waals surface area contributed by atoms with Gasteiger partial charge in [0, 0.05) is 36.1 Å². The molecular formula is C22H22F4N4O. The fourth-order valence-corrected chi connectivity index (χ4v) is 3.82. The third-order valence-corrected chi connectivity index (χ3v) is 5.56. The predicted molar refractivity (Wildman–Crippen MR) is 111 cm³/mol. The van der Waals surface area contributed by atoms with Gasteiger partial charge >= 0.3 is 6.18 Å². The number of rotatable bonds is 4. The number of alkyl halides is 3. The van der Waals surface area contributed by atoms with Crippen molar-refractivity contribution < 1.29 is 22.3 Å². The van der Waals surface area contributed by atoms with Crippen LogP contribution in [0.2, 0.25) is 0 Å². The first-order chi connectivity index (χ1) is 14.7. The third kappa shape index (κ3) is 4.41. The molecule has 0 unspecified atom stereocenters. The van der Waals surface area contributed by atoms with Crippen LogP contribution in [-0.2, 0) is 17.5 Å². The minimum Gasteiger partial charge on any atom is -0.378 e. The fourth-order valence-electron chi connectivity index (χ4n) is 3.82. The number of ether oxygens (including phenoxy) is 1. The Morgan fingerprint density at radius 1 is 1.03 bits per heavy atom. The molecule has 5 nitrogen and oxygen atoms in total. The van der Waals surface area contributed by atoms with Crippen LogP contribution < -0.4 is 10.2 Å². The van der Waals surface area contributed by atoms with Crippen molar-refractivity contribution >= 4 is 22.3 Å². The zero-order chi connectivity index (χ0) is 22.2. The molecular weight excluding hydrogens is 412 g/mol. The average Bonchev–Trinajstić information content (AvgIpc) is 2.75. The van der Waals surface area contributed by atoms with Gasteiger partial charge in [0.05, 0.1) is 24.5 Å². The summed E-state index contributed by atoms with van der Waals surface area (Å²) in [5.74, 6) is -0.489. The van der Waals surface area contributed by atoms with Gasteiger partial charge in [0.25, 0.3) is 0 Å². The summed E-state index contributed by atoms with van der Waals surface area (Å²) in [5, 5.41) is 13.1. The summed E-state index contributed by atoms with van der Waals surface area (Å²) in [6.07, 6.45) is -4.62. The number of halogens is 4. The second-order valence-corrected chi connectivity index (χ2v) is 7.55. The van der Waals surface area contributed by atoms with Crippen LogP contribution in [0.25, 0.3) is 10.8 Å². The van der Waals surface area contributed by atoms with Gasteiger partial charge in [-0.15, -0.1) is 5.10 Å². The van der Waals surface area contributed by atoms with Crippen LogP contribution in [0.1, 0.15) is 22.4 Å². The van der Waals surface area contributed by atoms with Gasteiger partial charge in [-0.05, 0) is 49.2 Å². The van der Waals surface area contributed by atoms with E-state index in [1.165, 1.54) is 6.92 Å². The number of benzene rings is 2. The second kappa shape index (κ2) is 8.30. The molecule has 1 fully saturated rings. The van der Waals surface area contributed by atoms with Crippen molar-refractivity contribution in [2.24, 2.45) is 0 Å². The van der Waals surface area contributed by atoms with Crippen LogP contribution in [0.15, 0.2) is 30.3 Å². The lowest BCUT2D eigenvalue weighted by molar-refractivity contribution is -0.138. The van der Waals surface area contributed by atoms with E-state index in [4.69, 9.17) is 4.74 Å². The highest BCUT2D eigenvalue weighted by atomic mass is 19.4. The van der Waals surface area contributed by atoms with Crippen molar-refractivity contribution in [3.05, 3.63) is 58.5 Å². The van der Waals surface area contributed by atoms with E-state index in [9.17, 15) is 17.6 Å². The van der Waals surface area contributed by atoms with Crippen molar-refractivity contribution in [3.8, 4) is 0 Å². The van der Waals surface area contributed by atoms with E-state index < -0.39 is 17.6 Å². The van der Waals surface area contributed by atoms with Crippen LogP contribution in [-0.4, -0.2) is 36.5 Å². The summed E-state index contributed by atoms with van der Waals surface area (Å²) in [7, 11) is 0. The highest BCUT2D eigenvalue weighted by Gasteiger charge is 2.33. The quantitative estimate of drug-likeness (QED) is 0.595. The van der Waals surface area contributed by atoms with Gasteiger partial charge in [-0.25, -0.2) is 4.39 Å². The Kier molecular flexibility index (Phi) is 5.70. The fraction of sp³-hybridized carbons (Fsp3) is 0.364. The maximum atomic E-state index is 13.9. The summed E-state index contributed by atoms with van der Waals surface area (Å²) in [6.45, 7) is 6.02. The van der Waals surface area contributed by atoms with Crippen molar-refractivity contribution in [2.75, 3.05) is 36.5 Å². The van der Waals surface area contributed by atoms with Crippen molar-refractivity contribution in [2.45, 2.75) is 26.6 Å². The maximum Gasteiger partial charge on any atom is 0.416 e. The number of hydrogen-bond acceptors (Lipinski definition) is 5. The number of nitrogens with one attached hydrogen (secondary N) is 1. The lowest BCUT2D eigenvalue weighted by Crippen LogP contribution is -2.36. The largest absolute Gasteiger partial charge is 0.416 e. The molecule has 2 heterocycles. The van der Waals surface area contributed by atoms with Gasteiger partial charge in [-0.2, -0.15) is 18.3 Å². The van der Waals surface area contributed by atoms with Crippen LogP contribution >= 0.6 is 0 Å². The molecule has 3 aromatic rings. The lowest BCUT2D eigenvalue weighted by Gasteiger charge is -2.29. The molecule has 164 valence electrons. The Labute approximate surface area is 177 Å². The first-order valence-electron chi connectivity index (χ1n) is 9.94. The number of anilines is 2. The summed E-state index contributed by atoms with van der Waals surface area (Å²) in [4.78, 5) is 2.20. The van der Waals surface area contributed by atoms with Gasteiger partial charge in [0.15, 0.2) is 5.82 Å².